The van der Waals surface area contributed by atoms with E-state index in [2.05, 4.69) is 41.9 Å². The molecule has 20 nitrogen and oxygen atoms in total. The van der Waals surface area contributed by atoms with Crippen molar-refractivity contribution in [2.24, 2.45) is 11.5 Å². The Morgan fingerprint density at radius 2 is 1.20 bits per heavy atom. The number of hydrogen-bond donors (Lipinski definition) is 11. The van der Waals surface area contributed by atoms with Gasteiger partial charge in [-0.15, -0.1) is 0 Å². The summed E-state index contributed by atoms with van der Waals surface area (Å²) in [6.45, 7) is 2.74. The second-order valence-electron chi connectivity index (χ2n) is 15.4. The summed E-state index contributed by atoms with van der Waals surface area (Å²) in [5.41, 5.74) is 11.6. The third-order valence-corrected chi connectivity index (χ3v) is 11.1. The molecule has 0 radical (unpaired) electrons. The van der Waals surface area contributed by atoms with Gasteiger partial charge in [-0.1, -0.05) is 42.5 Å². The van der Waals surface area contributed by atoms with Crippen LogP contribution in [0.15, 0.2) is 67.1 Å². The normalized spacial score (nSPS) is 14.0. The average molecular weight is 927 g/mol. The van der Waals surface area contributed by atoms with Crippen molar-refractivity contribution in [3.8, 4) is 5.75 Å². The maximum absolute atomic E-state index is 14.3. The minimum atomic E-state index is -1.72. The summed E-state index contributed by atoms with van der Waals surface area (Å²) >= 11 is 2.81. The molecule has 0 aliphatic carbocycles. The standard InChI is InChI=1S/C42H58N10O10S2/c1-42(2,41(62)51-30(15-17-64-4)38(59)48-31(35(44)56)21-34(54)55)52-40(61)33(20-26-22-45-23-46-26)50-39(60)32(19-24-8-6-5-7-9-24)49-37(58)29(14-16-63-3)47-36(57)28(43)18-25-10-12-27(53)13-11-25/h5-13,22-23,28-33,53H,14-21,43H2,1-4H3,(H2,44,56)(H,45,46)(H,47,57)(H,48,59)(H,49,58)(H,50,60)(H,51,62)(H,52,61)(H,54,55)/t28-,29+,30-,31-,32-,33-/m0/s1. The third-order valence-electron chi connectivity index (χ3n) is 9.77. The summed E-state index contributed by atoms with van der Waals surface area (Å²) in [6.07, 6.45) is 5.88. The number of aromatic nitrogens is 2. The van der Waals surface area contributed by atoms with E-state index in [0.29, 0.717) is 28.3 Å². The van der Waals surface area contributed by atoms with Crippen molar-refractivity contribution in [3.05, 3.63) is 83.9 Å². The first-order valence-electron chi connectivity index (χ1n) is 20.2. The zero-order chi connectivity index (χ0) is 47.4. The van der Waals surface area contributed by atoms with Gasteiger partial charge in [-0.25, -0.2) is 4.98 Å². The molecule has 0 aliphatic heterocycles. The molecule has 2 aromatic carbocycles. The quantitative estimate of drug-likeness (QED) is 0.0449. The molecule has 13 N–H and O–H groups in total. The number of nitrogens with two attached hydrogens (primary N) is 2. The van der Waals surface area contributed by atoms with Crippen LogP contribution in [0.3, 0.4) is 0 Å². The molecule has 7 amide bonds. The number of carbonyl (C=O) groups is 8. The predicted molar refractivity (Wildman–Crippen MR) is 242 cm³/mol. The van der Waals surface area contributed by atoms with Crippen LogP contribution in [-0.2, 0) is 57.6 Å². The lowest BCUT2D eigenvalue weighted by molar-refractivity contribution is -0.140. The molecule has 1 heterocycles. The van der Waals surface area contributed by atoms with Crippen LogP contribution in [0.5, 0.6) is 5.75 Å². The molecule has 0 bridgehead atoms. The number of phenols is 1. The van der Waals surface area contributed by atoms with Gasteiger partial charge in [0.05, 0.1) is 18.8 Å². The lowest BCUT2D eigenvalue weighted by Gasteiger charge is -2.31. The zero-order valence-electron chi connectivity index (χ0n) is 36.1. The summed E-state index contributed by atoms with van der Waals surface area (Å²) in [5, 5.41) is 34.5. The van der Waals surface area contributed by atoms with E-state index in [1.54, 1.807) is 48.7 Å². The fourth-order valence-corrected chi connectivity index (χ4v) is 7.10. The Balaban J connectivity index is 1.85. The Hall–Kier alpha value is -6.13. The number of thioether (sulfide) groups is 2. The summed E-state index contributed by atoms with van der Waals surface area (Å²) in [6, 6.07) is 7.43. The van der Waals surface area contributed by atoms with Crippen LogP contribution < -0.4 is 43.4 Å². The number of hydrogen-bond acceptors (Lipinski definition) is 13. The van der Waals surface area contributed by atoms with Gasteiger partial charge in [0.2, 0.25) is 41.4 Å². The first kappa shape index (κ1) is 52.2. The van der Waals surface area contributed by atoms with Gasteiger partial charge in [-0.2, -0.15) is 23.5 Å². The van der Waals surface area contributed by atoms with Crippen LogP contribution in [0, 0.1) is 0 Å². The molecule has 0 aliphatic rings. The molecule has 348 valence electrons. The van der Waals surface area contributed by atoms with Crippen molar-refractivity contribution in [2.75, 3.05) is 24.0 Å². The Bertz CT molecular complexity index is 2040. The Labute approximate surface area is 379 Å². The maximum atomic E-state index is 14.3. The summed E-state index contributed by atoms with van der Waals surface area (Å²) < 4.78 is 0. The largest absolute Gasteiger partial charge is 0.508 e. The third kappa shape index (κ3) is 17.6. The van der Waals surface area contributed by atoms with Crippen LogP contribution in [0.4, 0.5) is 0 Å². The highest BCUT2D eigenvalue weighted by Gasteiger charge is 2.37. The molecule has 0 spiro atoms. The number of amides is 7. The van der Waals surface area contributed by atoms with Gasteiger partial charge >= 0.3 is 5.97 Å². The number of carboxylic acids is 1. The highest BCUT2D eigenvalue weighted by molar-refractivity contribution is 7.98. The monoisotopic (exact) mass is 926 g/mol. The van der Waals surface area contributed by atoms with Crippen LogP contribution in [0.25, 0.3) is 0 Å². The number of nitrogens with one attached hydrogen (secondary N) is 7. The van der Waals surface area contributed by atoms with Gasteiger partial charge in [0.15, 0.2) is 0 Å². The second-order valence-corrected chi connectivity index (χ2v) is 17.4. The van der Waals surface area contributed by atoms with Crippen LogP contribution >= 0.6 is 23.5 Å². The number of nitrogens with zero attached hydrogens (tertiary/aromatic N) is 1. The van der Waals surface area contributed by atoms with E-state index in [9.17, 15) is 48.6 Å². The molecule has 3 aromatic rings. The Morgan fingerprint density at radius 1 is 0.688 bits per heavy atom. The van der Waals surface area contributed by atoms with Crippen LogP contribution in [-0.4, -0.2) is 133 Å². The van der Waals surface area contributed by atoms with Crippen LogP contribution in [0.2, 0.25) is 0 Å². The number of imidazole rings is 1. The number of carbonyl (C=O) groups excluding carboxylic acids is 7. The van der Waals surface area contributed by atoms with Crippen molar-refractivity contribution < 1.29 is 48.6 Å². The molecular formula is C42H58N10O10S2. The summed E-state index contributed by atoms with van der Waals surface area (Å²) in [4.78, 5) is 113. The number of phenolic OH excluding ortho intramolecular Hbond substituents is 1. The topological polar surface area (TPSA) is 330 Å². The number of aliphatic carboxylic acids is 1. The van der Waals surface area contributed by atoms with E-state index in [0.717, 1.165) is 0 Å². The Morgan fingerprint density at radius 3 is 1.73 bits per heavy atom. The van der Waals surface area contributed by atoms with Gasteiger partial charge in [0.25, 0.3) is 0 Å². The van der Waals surface area contributed by atoms with Gasteiger partial charge in [0.1, 0.15) is 41.5 Å². The van der Waals surface area contributed by atoms with Gasteiger partial charge in [-0.05, 0) is 80.4 Å². The molecule has 6 atom stereocenters. The first-order valence-corrected chi connectivity index (χ1v) is 23.0. The minimum Gasteiger partial charge on any atom is -0.508 e. The van der Waals surface area contributed by atoms with E-state index in [-0.39, 0.29) is 37.9 Å². The second kappa shape index (κ2) is 25.8. The van der Waals surface area contributed by atoms with E-state index in [1.165, 1.54) is 62.0 Å². The molecule has 0 unspecified atom stereocenters. The van der Waals surface area contributed by atoms with Crippen molar-refractivity contribution in [2.45, 2.75) is 94.2 Å². The number of H-pyrrole nitrogens is 1. The first-order chi connectivity index (χ1) is 30.3. The lowest BCUT2D eigenvalue weighted by atomic mass is 10.0. The highest BCUT2D eigenvalue weighted by atomic mass is 32.2. The smallest absolute Gasteiger partial charge is 0.305 e. The van der Waals surface area contributed by atoms with E-state index < -0.39 is 95.5 Å². The van der Waals surface area contributed by atoms with Crippen molar-refractivity contribution in [1.82, 2.24) is 41.9 Å². The number of carboxylic acid groups (broad SMARTS) is 1. The fraction of sp³-hybridized carbons (Fsp3) is 0.452. The summed E-state index contributed by atoms with van der Waals surface area (Å²) in [7, 11) is 0. The number of rotatable bonds is 27. The molecule has 0 saturated carbocycles. The lowest BCUT2D eigenvalue weighted by Crippen LogP contribution is -2.63. The van der Waals surface area contributed by atoms with Crippen molar-refractivity contribution in [1.29, 1.82) is 0 Å². The average Bonchev–Trinajstić information content (AvgIpc) is 3.76. The van der Waals surface area contributed by atoms with Gasteiger partial charge in [-0.3, -0.25) is 38.4 Å². The van der Waals surface area contributed by atoms with Crippen molar-refractivity contribution >= 4 is 70.8 Å². The summed E-state index contributed by atoms with van der Waals surface area (Å²) in [5.74, 6) is -6.11. The molecule has 0 saturated heterocycles. The SMILES string of the molecule is CSCC[C@H](NC(=O)C(C)(C)NC(=O)[C@H](Cc1cnc[nH]1)NC(=O)[C@H](Cc1ccccc1)NC(=O)[C@@H](CCSC)NC(=O)[C@@H](N)Cc1ccc(O)cc1)C(=O)N[C@@H](CC(=O)O)C(N)=O. The van der Waals surface area contributed by atoms with E-state index in [1.807, 2.05) is 6.26 Å². The molecule has 22 heteroatoms. The van der Waals surface area contributed by atoms with E-state index >= 15 is 0 Å². The minimum absolute atomic E-state index is 0.0170. The molecule has 0 fully saturated rings. The van der Waals surface area contributed by atoms with E-state index in [4.69, 9.17) is 11.5 Å². The van der Waals surface area contributed by atoms with Crippen LogP contribution in [0.1, 0.15) is 49.9 Å². The predicted octanol–water partition coefficient (Wildman–Crippen LogP) is -0.744. The number of aromatic amines is 1. The molecule has 3 rings (SSSR count). The molecule has 64 heavy (non-hydrogen) atoms. The Kier molecular flexibility index (Phi) is 21.1. The molecule has 1 aromatic heterocycles. The van der Waals surface area contributed by atoms with Gasteiger partial charge < -0.3 is 58.6 Å². The number of benzene rings is 2. The van der Waals surface area contributed by atoms with Gasteiger partial charge in [0, 0.05) is 24.7 Å². The number of aromatic hydroxyl groups is 1. The maximum Gasteiger partial charge on any atom is 0.305 e. The fourth-order valence-electron chi connectivity index (χ4n) is 6.16. The molecular weight excluding hydrogens is 869 g/mol. The number of primary amides is 1. The van der Waals surface area contributed by atoms with Crippen molar-refractivity contribution in [3.63, 3.8) is 0 Å². The highest BCUT2D eigenvalue weighted by Crippen LogP contribution is 2.13. The zero-order valence-corrected chi connectivity index (χ0v) is 37.7.